The van der Waals surface area contributed by atoms with E-state index < -0.39 is 0 Å². The van der Waals surface area contributed by atoms with E-state index in [-0.39, 0.29) is 0 Å². The van der Waals surface area contributed by atoms with Gasteiger partial charge in [-0.25, -0.2) is 0 Å². The van der Waals surface area contributed by atoms with E-state index >= 15 is 0 Å². The molecule has 1 aromatic carbocycles. The number of rotatable bonds is 9. The van der Waals surface area contributed by atoms with Gasteiger partial charge in [0.1, 0.15) is 18.1 Å². The van der Waals surface area contributed by atoms with Crippen LogP contribution in [0.25, 0.3) is 0 Å². The van der Waals surface area contributed by atoms with Crippen molar-refractivity contribution in [1.82, 2.24) is 4.90 Å². The normalized spacial score (nSPS) is 16.6. The molecule has 2 rings (SSSR count). The fourth-order valence-electron chi connectivity index (χ4n) is 2.60. The maximum atomic E-state index is 5.66. The highest BCUT2D eigenvalue weighted by atomic mass is 16.5. The summed E-state index contributed by atoms with van der Waals surface area (Å²) in [5.41, 5.74) is 0. The molecule has 0 bridgehead atoms. The minimum atomic E-state index is 0.588. The van der Waals surface area contributed by atoms with Gasteiger partial charge in [-0.2, -0.15) is 0 Å². The van der Waals surface area contributed by atoms with E-state index in [1.807, 2.05) is 31.2 Å². The van der Waals surface area contributed by atoms with Crippen LogP contribution >= 0.6 is 0 Å². The standard InChI is InChI=1S/C18H29NO3/c1-3-21-17-4-6-18(7-5-17)22-15-14-20-13-12-19-10-8-16(2)9-11-19/h4-7,16H,3,8-15H2,1-2H3. The van der Waals surface area contributed by atoms with Crippen LogP contribution in [0.5, 0.6) is 11.5 Å². The summed E-state index contributed by atoms with van der Waals surface area (Å²) in [6.07, 6.45) is 2.64. The third-order valence-corrected chi connectivity index (χ3v) is 4.06. The van der Waals surface area contributed by atoms with Gasteiger partial charge in [0.2, 0.25) is 0 Å². The first-order chi connectivity index (χ1) is 10.8. The molecule has 0 saturated carbocycles. The lowest BCUT2D eigenvalue weighted by Gasteiger charge is -2.29. The minimum absolute atomic E-state index is 0.588. The lowest BCUT2D eigenvalue weighted by atomic mass is 9.99. The van der Waals surface area contributed by atoms with Gasteiger partial charge in [-0.3, -0.25) is 0 Å². The molecule has 124 valence electrons. The van der Waals surface area contributed by atoms with Crippen molar-refractivity contribution in [3.63, 3.8) is 0 Å². The van der Waals surface area contributed by atoms with Gasteiger partial charge in [0.05, 0.1) is 19.8 Å². The number of hydrogen-bond donors (Lipinski definition) is 0. The van der Waals surface area contributed by atoms with Crippen molar-refractivity contribution < 1.29 is 14.2 Å². The molecule has 4 nitrogen and oxygen atoms in total. The zero-order chi connectivity index (χ0) is 15.6. The number of nitrogens with zero attached hydrogens (tertiary/aromatic N) is 1. The van der Waals surface area contributed by atoms with Crippen molar-refractivity contribution in [2.45, 2.75) is 26.7 Å². The van der Waals surface area contributed by atoms with Crippen molar-refractivity contribution in [3.05, 3.63) is 24.3 Å². The Morgan fingerprint density at radius 3 is 2.23 bits per heavy atom. The van der Waals surface area contributed by atoms with E-state index in [9.17, 15) is 0 Å². The molecule has 0 N–H and O–H groups in total. The van der Waals surface area contributed by atoms with E-state index in [4.69, 9.17) is 14.2 Å². The van der Waals surface area contributed by atoms with Crippen molar-refractivity contribution in [2.24, 2.45) is 5.92 Å². The maximum Gasteiger partial charge on any atom is 0.119 e. The van der Waals surface area contributed by atoms with Gasteiger partial charge in [-0.15, -0.1) is 0 Å². The Hall–Kier alpha value is -1.26. The molecule has 1 aromatic rings. The molecular weight excluding hydrogens is 278 g/mol. The van der Waals surface area contributed by atoms with E-state index in [1.54, 1.807) is 0 Å². The zero-order valence-electron chi connectivity index (χ0n) is 13.9. The van der Waals surface area contributed by atoms with E-state index in [0.29, 0.717) is 19.8 Å². The average molecular weight is 307 g/mol. The van der Waals surface area contributed by atoms with Crippen LogP contribution in [0.15, 0.2) is 24.3 Å². The third kappa shape index (κ3) is 6.24. The van der Waals surface area contributed by atoms with E-state index in [0.717, 1.165) is 30.6 Å². The van der Waals surface area contributed by atoms with Crippen LogP contribution in [0.2, 0.25) is 0 Å². The lowest BCUT2D eigenvalue weighted by Crippen LogP contribution is -2.35. The first-order valence-electron chi connectivity index (χ1n) is 8.43. The van der Waals surface area contributed by atoms with Crippen molar-refractivity contribution in [3.8, 4) is 11.5 Å². The molecule has 0 unspecified atom stereocenters. The molecule has 1 saturated heterocycles. The van der Waals surface area contributed by atoms with Gasteiger partial charge in [0, 0.05) is 6.54 Å². The van der Waals surface area contributed by atoms with E-state index in [2.05, 4.69) is 11.8 Å². The first kappa shape index (κ1) is 17.1. The Labute approximate surface area is 134 Å². The smallest absolute Gasteiger partial charge is 0.119 e. The van der Waals surface area contributed by atoms with Gasteiger partial charge in [-0.1, -0.05) is 6.92 Å². The summed E-state index contributed by atoms with van der Waals surface area (Å²) < 4.78 is 16.7. The molecule has 0 spiro atoms. The summed E-state index contributed by atoms with van der Waals surface area (Å²) in [6.45, 7) is 10.5. The topological polar surface area (TPSA) is 30.9 Å². The largest absolute Gasteiger partial charge is 0.494 e. The number of benzene rings is 1. The Bertz CT molecular complexity index is 399. The number of piperidine rings is 1. The van der Waals surface area contributed by atoms with Crippen molar-refractivity contribution >= 4 is 0 Å². The van der Waals surface area contributed by atoms with Crippen LogP contribution in [0.1, 0.15) is 26.7 Å². The predicted octanol–water partition coefficient (Wildman–Crippen LogP) is 3.21. The molecule has 0 amide bonds. The Morgan fingerprint density at radius 1 is 0.955 bits per heavy atom. The van der Waals surface area contributed by atoms with Crippen molar-refractivity contribution in [1.29, 1.82) is 0 Å². The Balaban J connectivity index is 1.50. The van der Waals surface area contributed by atoms with Crippen LogP contribution in [0, 0.1) is 5.92 Å². The molecule has 0 radical (unpaired) electrons. The maximum absolute atomic E-state index is 5.66. The van der Waals surface area contributed by atoms with Crippen molar-refractivity contribution in [2.75, 3.05) is 46.1 Å². The van der Waals surface area contributed by atoms with Gasteiger partial charge >= 0.3 is 0 Å². The summed E-state index contributed by atoms with van der Waals surface area (Å²) in [5, 5.41) is 0. The fraction of sp³-hybridized carbons (Fsp3) is 0.667. The molecule has 1 aliphatic heterocycles. The highest BCUT2D eigenvalue weighted by Gasteiger charge is 2.14. The number of hydrogen-bond acceptors (Lipinski definition) is 4. The summed E-state index contributed by atoms with van der Waals surface area (Å²) in [5.74, 6) is 2.62. The Kier molecular flexibility index (Phi) is 7.54. The molecular formula is C18H29NO3. The molecule has 1 aliphatic rings. The Morgan fingerprint density at radius 2 is 1.59 bits per heavy atom. The number of likely N-dealkylation sites (tertiary alicyclic amines) is 1. The zero-order valence-corrected chi connectivity index (χ0v) is 13.9. The quantitative estimate of drug-likeness (QED) is 0.656. The molecule has 0 aromatic heterocycles. The molecule has 0 aliphatic carbocycles. The molecule has 0 atom stereocenters. The third-order valence-electron chi connectivity index (χ3n) is 4.06. The van der Waals surface area contributed by atoms with Gasteiger partial charge in [0.25, 0.3) is 0 Å². The molecule has 1 fully saturated rings. The highest BCUT2D eigenvalue weighted by molar-refractivity contribution is 5.31. The average Bonchev–Trinajstić information content (AvgIpc) is 2.54. The lowest BCUT2D eigenvalue weighted by molar-refractivity contribution is 0.0708. The molecule has 22 heavy (non-hydrogen) atoms. The summed E-state index contributed by atoms with van der Waals surface area (Å²) in [7, 11) is 0. The van der Waals surface area contributed by atoms with Gasteiger partial charge < -0.3 is 19.1 Å². The van der Waals surface area contributed by atoms with Crippen LogP contribution < -0.4 is 9.47 Å². The second kappa shape index (κ2) is 9.70. The summed E-state index contributed by atoms with van der Waals surface area (Å²) >= 11 is 0. The van der Waals surface area contributed by atoms with Crippen LogP contribution in [-0.4, -0.2) is 51.0 Å². The molecule has 1 heterocycles. The predicted molar refractivity (Wildman–Crippen MR) is 88.8 cm³/mol. The second-order valence-electron chi connectivity index (χ2n) is 5.89. The SMILES string of the molecule is CCOc1ccc(OCCOCCN2CCC(C)CC2)cc1. The summed E-state index contributed by atoms with van der Waals surface area (Å²) in [4.78, 5) is 2.49. The second-order valence-corrected chi connectivity index (χ2v) is 5.89. The van der Waals surface area contributed by atoms with Crippen LogP contribution in [-0.2, 0) is 4.74 Å². The fourth-order valence-corrected chi connectivity index (χ4v) is 2.60. The molecule has 4 heteroatoms. The van der Waals surface area contributed by atoms with Crippen LogP contribution in [0.3, 0.4) is 0 Å². The number of ether oxygens (including phenoxy) is 3. The monoisotopic (exact) mass is 307 g/mol. The van der Waals surface area contributed by atoms with Gasteiger partial charge in [0.15, 0.2) is 0 Å². The van der Waals surface area contributed by atoms with Crippen LogP contribution in [0.4, 0.5) is 0 Å². The highest BCUT2D eigenvalue weighted by Crippen LogP contribution is 2.17. The minimum Gasteiger partial charge on any atom is -0.494 e. The van der Waals surface area contributed by atoms with E-state index in [1.165, 1.54) is 25.9 Å². The first-order valence-corrected chi connectivity index (χ1v) is 8.43. The van der Waals surface area contributed by atoms with Gasteiger partial charge in [-0.05, 0) is 63.0 Å². The summed E-state index contributed by atoms with van der Waals surface area (Å²) in [6, 6.07) is 7.72.